The fourth-order valence-electron chi connectivity index (χ4n) is 5.45. The van der Waals surface area contributed by atoms with E-state index in [1.165, 1.54) is 21.8 Å². The highest BCUT2D eigenvalue weighted by Crippen LogP contribution is 2.35. The molecule has 2 aromatic heterocycles. The van der Waals surface area contributed by atoms with E-state index < -0.39 is 0 Å². The summed E-state index contributed by atoms with van der Waals surface area (Å²) in [5, 5.41) is 8.03. The second-order valence-electron chi connectivity index (χ2n) is 9.69. The van der Waals surface area contributed by atoms with Gasteiger partial charge in [-0.3, -0.25) is 0 Å². The molecule has 3 nitrogen and oxygen atoms in total. The molecule has 7 rings (SSSR count). The minimum Gasteiger partial charge on any atom is -0.456 e. The quantitative estimate of drug-likeness (QED) is 0.229. The fourth-order valence-corrected chi connectivity index (χ4v) is 5.45. The SMILES string of the molecule is C=C/C=C\C(=C)Nc1ccc2oc3ccc(-c4ccc(-n5c6ccccc6c6ccccc65)cc4)cc3c2c1. The van der Waals surface area contributed by atoms with Crippen LogP contribution in [0.15, 0.2) is 151 Å². The van der Waals surface area contributed by atoms with Crippen molar-refractivity contribution in [1.82, 2.24) is 4.57 Å². The third-order valence-electron chi connectivity index (χ3n) is 7.25. The van der Waals surface area contributed by atoms with E-state index in [0.717, 1.165) is 50.1 Å². The molecule has 0 atom stereocenters. The van der Waals surface area contributed by atoms with Crippen molar-refractivity contribution in [2.75, 3.05) is 5.32 Å². The number of aromatic nitrogens is 1. The molecule has 0 amide bonds. The number of anilines is 1. The fraction of sp³-hybridized carbons (Fsp3) is 0. The summed E-state index contributed by atoms with van der Waals surface area (Å²) in [5.74, 6) is 0. The van der Waals surface area contributed by atoms with Gasteiger partial charge in [0.05, 0.1) is 11.0 Å². The summed E-state index contributed by atoms with van der Waals surface area (Å²) in [7, 11) is 0. The van der Waals surface area contributed by atoms with E-state index in [0.29, 0.717) is 0 Å². The van der Waals surface area contributed by atoms with Crippen molar-refractivity contribution < 1.29 is 4.42 Å². The molecule has 3 heteroatoms. The van der Waals surface area contributed by atoms with Gasteiger partial charge in [-0.05, 0) is 71.8 Å². The highest BCUT2D eigenvalue weighted by atomic mass is 16.3. The minimum atomic E-state index is 0.797. The Hall–Kier alpha value is -5.28. The lowest BCUT2D eigenvalue weighted by Gasteiger charge is -2.09. The molecule has 0 aliphatic rings. The Bertz CT molecular complexity index is 2020. The highest BCUT2D eigenvalue weighted by Gasteiger charge is 2.13. The van der Waals surface area contributed by atoms with Crippen LogP contribution in [0, 0.1) is 0 Å². The topological polar surface area (TPSA) is 30.1 Å². The first-order valence-electron chi connectivity index (χ1n) is 13.0. The largest absolute Gasteiger partial charge is 0.456 e. The van der Waals surface area contributed by atoms with Crippen LogP contribution in [0.5, 0.6) is 0 Å². The predicted octanol–water partition coefficient (Wildman–Crippen LogP) is 10.0. The number of benzene rings is 5. The number of fused-ring (bicyclic) bond motifs is 6. The zero-order valence-electron chi connectivity index (χ0n) is 21.4. The first kappa shape index (κ1) is 22.9. The molecule has 0 bridgehead atoms. The van der Waals surface area contributed by atoms with Crippen LogP contribution in [0.3, 0.4) is 0 Å². The van der Waals surface area contributed by atoms with E-state index in [1.807, 2.05) is 24.3 Å². The van der Waals surface area contributed by atoms with Crippen LogP contribution in [0.25, 0.3) is 60.6 Å². The number of para-hydroxylation sites is 2. The lowest BCUT2D eigenvalue weighted by Crippen LogP contribution is -1.94. The molecule has 0 fully saturated rings. The summed E-state index contributed by atoms with van der Waals surface area (Å²) >= 11 is 0. The third-order valence-corrected chi connectivity index (χ3v) is 7.25. The van der Waals surface area contributed by atoms with Gasteiger partial charge in [0.2, 0.25) is 0 Å². The molecule has 0 saturated carbocycles. The summed E-state index contributed by atoms with van der Waals surface area (Å²) < 4.78 is 8.48. The molecule has 186 valence electrons. The summed E-state index contributed by atoms with van der Waals surface area (Å²) in [6, 6.07) is 38.5. The molecule has 2 heterocycles. The van der Waals surface area contributed by atoms with Gasteiger partial charge in [-0.15, -0.1) is 0 Å². The molecule has 0 unspecified atom stereocenters. The molecule has 7 aromatic rings. The Balaban J connectivity index is 1.27. The number of rotatable bonds is 6. The van der Waals surface area contributed by atoms with E-state index in [-0.39, 0.29) is 0 Å². The van der Waals surface area contributed by atoms with Crippen molar-refractivity contribution in [3.8, 4) is 16.8 Å². The summed E-state index contributed by atoms with van der Waals surface area (Å²) in [4.78, 5) is 0. The Morgan fingerprint density at radius 2 is 1.28 bits per heavy atom. The molecular formula is C36H26N2O. The van der Waals surface area contributed by atoms with E-state index in [2.05, 4.69) is 120 Å². The molecule has 5 aromatic carbocycles. The lowest BCUT2D eigenvalue weighted by molar-refractivity contribution is 0.669. The van der Waals surface area contributed by atoms with E-state index in [9.17, 15) is 0 Å². The average Bonchev–Trinajstić information content (AvgIpc) is 3.51. The normalized spacial score (nSPS) is 11.7. The van der Waals surface area contributed by atoms with Gasteiger partial charge in [0.15, 0.2) is 0 Å². The molecule has 0 aliphatic heterocycles. The number of nitrogens with one attached hydrogen (secondary N) is 1. The van der Waals surface area contributed by atoms with Crippen LogP contribution in [0.4, 0.5) is 5.69 Å². The molecule has 0 spiro atoms. The maximum Gasteiger partial charge on any atom is 0.135 e. The molecule has 39 heavy (non-hydrogen) atoms. The number of nitrogens with zero attached hydrogens (tertiary/aromatic N) is 1. The molecule has 0 radical (unpaired) electrons. The van der Waals surface area contributed by atoms with Crippen molar-refractivity contribution >= 4 is 49.4 Å². The van der Waals surface area contributed by atoms with Gasteiger partial charge in [-0.25, -0.2) is 0 Å². The van der Waals surface area contributed by atoms with Gasteiger partial charge in [0.25, 0.3) is 0 Å². The van der Waals surface area contributed by atoms with Gasteiger partial charge in [-0.1, -0.05) is 79.9 Å². The highest BCUT2D eigenvalue weighted by molar-refractivity contribution is 6.09. The van der Waals surface area contributed by atoms with Crippen molar-refractivity contribution in [3.63, 3.8) is 0 Å². The van der Waals surface area contributed by atoms with Crippen LogP contribution in [-0.4, -0.2) is 4.57 Å². The standard InChI is InChI=1S/C36H26N2O/c1-3-4-9-24(2)37-27-17-21-36-32(23-27)31-22-26(16-20-35(31)39-36)25-14-18-28(19-15-25)38-33-12-7-5-10-29(33)30-11-6-8-13-34(30)38/h3-23,37H,1-2H2/b9-4-. The van der Waals surface area contributed by atoms with Gasteiger partial charge < -0.3 is 14.3 Å². The summed E-state index contributed by atoms with van der Waals surface area (Å²) in [6.45, 7) is 7.77. The zero-order chi connectivity index (χ0) is 26.3. The van der Waals surface area contributed by atoms with Crippen LogP contribution in [0.2, 0.25) is 0 Å². The Morgan fingerprint density at radius 3 is 1.97 bits per heavy atom. The van der Waals surface area contributed by atoms with Crippen LogP contribution in [-0.2, 0) is 0 Å². The number of allylic oxidation sites excluding steroid dienone is 3. The maximum atomic E-state index is 6.14. The van der Waals surface area contributed by atoms with Crippen molar-refractivity contribution in [3.05, 3.63) is 146 Å². The van der Waals surface area contributed by atoms with Crippen molar-refractivity contribution in [2.24, 2.45) is 0 Å². The van der Waals surface area contributed by atoms with E-state index >= 15 is 0 Å². The minimum absolute atomic E-state index is 0.797. The smallest absolute Gasteiger partial charge is 0.135 e. The monoisotopic (exact) mass is 502 g/mol. The van der Waals surface area contributed by atoms with E-state index in [1.54, 1.807) is 6.08 Å². The van der Waals surface area contributed by atoms with Crippen molar-refractivity contribution in [2.45, 2.75) is 0 Å². The number of hydrogen-bond acceptors (Lipinski definition) is 2. The van der Waals surface area contributed by atoms with Crippen molar-refractivity contribution in [1.29, 1.82) is 0 Å². The second-order valence-corrected chi connectivity index (χ2v) is 9.69. The maximum absolute atomic E-state index is 6.14. The van der Waals surface area contributed by atoms with E-state index in [4.69, 9.17) is 4.42 Å². The van der Waals surface area contributed by atoms with Gasteiger partial charge in [0.1, 0.15) is 11.2 Å². The van der Waals surface area contributed by atoms with Crippen LogP contribution >= 0.6 is 0 Å². The Kier molecular flexibility index (Phi) is 5.42. The Morgan fingerprint density at radius 1 is 0.667 bits per heavy atom. The third kappa shape index (κ3) is 3.92. The molecule has 0 aliphatic carbocycles. The molecular weight excluding hydrogens is 476 g/mol. The Labute approximate surface area is 226 Å². The second kappa shape index (κ2) is 9.23. The lowest BCUT2D eigenvalue weighted by atomic mass is 10.0. The summed E-state index contributed by atoms with van der Waals surface area (Å²) in [5.41, 5.74) is 9.38. The molecule has 0 saturated heterocycles. The van der Waals surface area contributed by atoms with Crippen LogP contribution in [0.1, 0.15) is 0 Å². The van der Waals surface area contributed by atoms with Gasteiger partial charge in [-0.2, -0.15) is 0 Å². The first-order valence-corrected chi connectivity index (χ1v) is 13.0. The summed E-state index contributed by atoms with van der Waals surface area (Å²) in [6.07, 6.45) is 5.49. The first-order chi connectivity index (χ1) is 19.2. The molecule has 1 N–H and O–H groups in total. The predicted molar refractivity (Wildman–Crippen MR) is 166 cm³/mol. The van der Waals surface area contributed by atoms with Gasteiger partial charge >= 0.3 is 0 Å². The number of furan rings is 1. The number of hydrogen-bond donors (Lipinski definition) is 1. The van der Waals surface area contributed by atoms with Gasteiger partial charge in [0, 0.05) is 38.6 Å². The average molecular weight is 503 g/mol. The zero-order valence-corrected chi connectivity index (χ0v) is 21.4. The van der Waals surface area contributed by atoms with Crippen LogP contribution < -0.4 is 5.32 Å².